The van der Waals surface area contributed by atoms with E-state index in [2.05, 4.69) is 19.9 Å². The molecule has 2 aromatic heterocycles. The van der Waals surface area contributed by atoms with Gasteiger partial charge in [0.1, 0.15) is 11.6 Å². The van der Waals surface area contributed by atoms with Gasteiger partial charge in [0.2, 0.25) is 0 Å². The third-order valence-electron chi connectivity index (χ3n) is 2.50. The molecule has 8 nitrogen and oxygen atoms in total. The largest absolute Gasteiger partial charge is 0.383 e. The van der Waals surface area contributed by atoms with Crippen molar-refractivity contribution >= 4 is 35.2 Å². The van der Waals surface area contributed by atoms with Crippen LogP contribution in [0.2, 0.25) is 0 Å². The van der Waals surface area contributed by atoms with E-state index >= 15 is 0 Å². The van der Waals surface area contributed by atoms with Gasteiger partial charge in [0.15, 0.2) is 10.3 Å². The highest BCUT2D eigenvalue weighted by Crippen LogP contribution is 2.17. The number of H-pyrrole nitrogens is 2. The highest BCUT2D eigenvalue weighted by Gasteiger charge is 2.01. The maximum atomic E-state index is 11.2. The lowest BCUT2D eigenvalue weighted by molar-refractivity contribution is 0.885. The zero-order valence-electron chi connectivity index (χ0n) is 11.7. The number of aromatic amines is 2. The van der Waals surface area contributed by atoms with Crippen LogP contribution < -0.4 is 22.6 Å². The summed E-state index contributed by atoms with van der Waals surface area (Å²) in [5.41, 5.74) is 10.5. The zero-order valence-corrected chi connectivity index (χ0v) is 13.3. The summed E-state index contributed by atoms with van der Waals surface area (Å²) in [5.74, 6) is 2.07. The lowest BCUT2D eigenvalue weighted by atomic mass is 10.4. The molecule has 118 valence electrons. The van der Waals surface area contributed by atoms with Crippen LogP contribution in [0.1, 0.15) is 12.8 Å². The summed E-state index contributed by atoms with van der Waals surface area (Å²) >= 11 is 2.90. The van der Waals surface area contributed by atoms with Gasteiger partial charge in [-0.15, -0.1) is 0 Å². The molecular formula is C12H16N6O2S2. The van der Waals surface area contributed by atoms with E-state index in [4.69, 9.17) is 11.5 Å². The standard InChI is InChI=1S/C12H16N6O2S2/c13-7-5-9(19)17-11(15-7)21-3-1-2-4-22-12-16-8(14)6-10(20)18-12/h5-6H,1-4H2,(H3,13,15,17,19)(H3,14,16,18,20). The van der Waals surface area contributed by atoms with Crippen molar-refractivity contribution in [3.8, 4) is 0 Å². The van der Waals surface area contributed by atoms with Gasteiger partial charge in [-0.25, -0.2) is 9.97 Å². The molecule has 0 unspecified atom stereocenters. The smallest absolute Gasteiger partial charge is 0.253 e. The van der Waals surface area contributed by atoms with Gasteiger partial charge >= 0.3 is 0 Å². The Morgan fingerprint density at radius 2 is 1.27 bits per heavy atom. The van der Waals surface area contributed by atoms with Crippen molar-refractivity contribution in [1.82, 2.24) is 19.9 Å². The maximum absolute atomic E-state index is 11.2. The van der Waals surface area contributed by atoms with Crippen LogP contribution in [0.3, 0.4) is 0 Å². The quantitative estimate of drug-likeness (QED) is 0.327. The van der Waals surface area contributed by atoms with Crippen LogP contribution in [-0.2, 0) is 0 Å². The minimum absolute atomic E-state index is 0.221. The molecule has 10 heteroatoms. The van der Waals surface area contributed by atoms with Crippen LogP contribution in [0.15, 0.2) is 32.0 Å². The minimum atomic E-state index is -0.248. The molecule has 0 fully saturated rings. The third kappa shape index (κ3) is 5.45. The number of unbranched alkanes of at least 4 members (excludes halogenated alkanes) is 1. The molecule has 0 spiro atoms. The fraction of sp³-hybridized carbons (Fsp3) is 0.333. The summed E-state index contributed by atoms with van der Waals surface area (Å²) < 4.78 is 0. The second-order valence-electron chi connectivity index (χ2n) is 4.35. The highest BCUT2D eigenvalue weighted by molar-refractivity contribution is 7.99. The Morgan fingerprint density at radius 3 is 1.64 bits per heavy atom. The maximum Gasteiger partial charge on any atom is 0.253 e. The van der Waals surface area contributed by atoms with E-state index < -0.39 is 0 Å². The van der Waals surface area contributed by atoms with Crippen LogP contribution in [0.25, 0.3) is 0 Å². The number of nitrogens with zero attached hydrogens (tertiary/aromatic N) is 2. The second-order valence-corrected chi connectivity index (χ2v) is 6.52. The van der Waals surface area contributed by atoms with Gasteiger partial charge in [-0.2, -0.15) is 0 Å². The molecule has 0 atom stereocenters. The topological polar surface area (TPSA) is 144 Å². The van der Waals surface area contributed by atoms with Gasteiger partial charge in [0, 0.05) is 23.6 Å². The van der Waals surface area contributed by atoms with Crippen molar-refractivity contribution in [3.63, 3.8) is 0 Å². The summed E-state index contributed by atoms with van der Waals surface area (Å²) in [4.78, 5) is 35.8. The first-order chi connectivity index (χ1) is 10.5. The molecule has 0 aliphatic rings. The molecule has 0 aromatic carbocycles. The van der Waals surface area contributed by atoms with Crippen LogP contribution >= 0.6 is 23.5 Å². The van der Waals surface area contributed by atoms with Gasteiger partial charge in [-0.05, 0) is 12.8 Å². The molecule has 2 aromatic rings. The Hall–Kier alpha value is -1.94. The predicted octanol–water partition coefficient (Wildman–Crippen LogP) is 0.682. The lowest BCUT2D eigenvalue weighted by Crippen LogP contribution is -2.09. The Balaban J connectivity index is 1.69. The van der Waals surface area contributed by atoms with Crippen LogP contribution in [0, 0.1) is 0 Å². The molecular weight excluding hydrogens is 324 g/mol. The number of rotatable bonds is 7. The number of hydrogen-bond donors (Lipinski definition) is 4. The van der Waals surface area contributed by atoms with Gasteiger partial charge in [-0.3, -0.25) is 9.59 Å². The normalized spacial score (nSPS) is 10.7. The van der Waals surface area contributed by atoms with E-state index in [1.165, 1.54) is 35.7 Å². The SMILES string of the molecule is Nc1cc(=O)[nH]c(SCCCCSc2nc(N)cc(=O)[nH]2)n1. The van der Waals surface area contributed by atoms with E-state index in [1.54, 1.807) is 0 Å². The lowest BCUT2D eigenvalue weighted by Gasteiger charge is -2.03. The molecule has 6 N–H and O–H groups in total. The molecule has 0 bridgehead atoms. The number of aromatic nitrogens is 4. The van der Waals surface area contributed by atoms with Gasteiger partial charge < -0.3 is 21.4 Å². The van der Waals surface area contributed by atoms with Gasteiger partial charge in [0.25, 0.3) is 11.1 Å². The predicted molar refractivity (Wildman–Crippen MR) is 89.2 cm³/mol. The van der Waals surface area contributed by atoms with Crippen molar-refractivity contribution < 1.29 is 0 Å². The van der Waals surface area contributed by atoms with Crippen molar-refractivity contribution in [1.29, 1.82) is 0 Å². The molecule has 0 saturated carbocycles. The summed E-state index contributed by atoms with van der Waals surface area (Å²) in [6, 6.07) is 2.50. The minimum Gasteiger partial charge on any atom is -0.383 e. The zero-order chi connectivity index (χ0) is 15.9. The summed E-state index contributed by atoms with van der Waals surface area (Å²) in [7, 11) is 0. The first-order valence-electron chi connectivity index (χ1n) is 6.52. The average molecular weight is 340 g/mol. The highest BCUT2D eigenvalue weighted by atomic mass is 32.2. The molecule has 2 heterocycles. The molecule has 0 amide bonds. The number of hydrogen-bond acceptors (Lipinski definition) is 8. The molecule has 0 radical (unpaired) electrons. The Kier molecular flexibility index (Phi) is 5.90. The van der Waals surface area contributed by atoms with E-state index in [-0.39, 0.29) is 22.8 Å². The van der Waals surface area contributed by atoms with Crippen molar-refractivity contribution in [2.24, 2.45) is 0 Å². The number of nitrogen functional groups attached to an aromatic ring is 2. The van der Waals surface area contributed by atoms with E-state index in [9.17, 15) is 9.59 Å². The van der Waals surface area contributed by atoms with Gasteiger partial charge in [0.05, 0.1) is 0 Å². The van der Waals surface area contributed by atoms with Crippen LogP contribution in [-0.4, -0.2) is 31.4 Å². The Labute approximate surface area is 134 Å². The summed E-state index contributed by atoms with van der Waals surface area (Å²) in [6.07, 6.45) is 1.87. The van der Waals surface area contributed by atoms with Crippen molar-refractivity contribution in [2.45, 2.75) is 23.2 Å². The molecule has 22 heavy (non-hydrogen) atoms. The number of anilines is 2. The molecule has 0 aliphatic carbocycles. The molecule has 0 aliphatic heterocycles. The fourth-order valence-electron chi connectivity index (χ4n) is 1.59. The first kappa shape index (κ1) is 16.4. The Bertz CT molecular complexity index is 681. The number of thioether (sulfide) groups is 2. The monoisotopic (exact) mass is 340 g/mol. The fourth-order valence-corrected chi connectivity index (χ4v) is 3.35. The van der Waals surface area contributed by atoms with Crippen LogP contribution in [0.4, 0.5) is 11.6 Å². The van der Waals surface area contributed by atoms with E-state index in [1.807, 2.05) is 0 Å². The van der Waals surface area contributed by atoms with Crippen molar-refractivity contribution in [3.05, 3.63) is 32.8 Å². The number of nitrogens with two attached hydrogens (primary N) is 2. The third-order valence-corrected chi connectivity index (χ3v) is 4.41. The summed E-state index contributed by atoms with van der Waals surface area (Å²) in [6.45, 7) is 0. The Morgan fingerprint density at radius 1 is 0.864 bits per heavy atom. The molecule has 0 saturated heterocycles. The van der Waals surface area contributed by atoms with Crippen molar-refractivity contribution in [2.75, 3.05) is 23.0 Å². The molecule has 2 rings (SSSR count). The average Bonchev–Trinajstić information content (AvgIpc) is 2.40. The van der Waals surface area contributed by atoms with Crippen LogP contribution in [0.5, 0.6) is 0 Å². The van der Waals surface area contributed by atoms with Gasteiger partial charge in [-0.1, -0.05) is 23.5 Å². The van der Waals surface area contributed by atoms with E-state index in [0.717, 1.165) is 24.3 Å². The number of nitrogens with one attached hydrogen (secondary N) is 2. The van der Waals surface area contributed by atoms with E-state index in [0.29, 0.717) is 10.3 Å². The second kappa shape index (κ2) is 7.90. The first-order valence-corrected chi connectivity index (χ1v) is 8.49. The summed E-state index contributed by atoms with van der Waals surface area (Å²) in [5, 5.41) is 1.05.